The van der Waals surface area contributed by atoms with E-state index in [2.05, 4.69) is 15.3 Å². The fourth-order valence-corrected chi connectivity index (χ4v) is 2.12. The number of nitrogens with two attached hydrogens (primary N) is 1. The van der Waals surface area contributed by atoms with Crippen LogP contribution in [0.2, 0.25) is 0 Å². The van der Waals surface area contributed by atoms with Crippen LogP contribution in [-0.4, -0.2) is 21.9 Å². The summed E-state index contributed by atoms with van der Waals surface area (Å²) in [5.41, 5.74) is 7.98. The summed E-state index contributed by atoms with van der Waals surface area (Å²) in [6, 6.07) is 7.25. The lowest BCUT2D eigenvalue weighted by atomic mass is 10.1. The van der Waals surface area contributed by atoms with Gasteiger partial charge in [-0.2, -0.15) is 0 Å². The van der Waals surface area contributed by atoms with Gasteiger partial charge in [0, 0.05) is 17.1 Å². The number of benzene rings is 1. The van der Waals surface area contributed by atoms with Gasteiger partial charge in [0.25, 0.3) is 0 Å². The molecule has 6 heteroatoms. The summed E-state index contributed by atoms with van der Waals surface area (Å²) in [7, 11) is 0. The Morgan fingerprint density at radius 1 is 1.45 bits per heavy atom. The molecule has 0 saturated carbocycles. The molecule has 0 aliphatic carbocycles. The highest BCUT2D eigenvalue weighted by molar-refractivity contribution is 5.94. The van der Waals surface area contributed by atoms with Crippen molar-refractivity contribution in [3.8, 4) is 0 Å². The fourth-order valence-electron chi connectivity index (χ4n) is 2.12. The van der Waals surface area contributed by atoms with Crippen molar-refractivity contribution in [2.75, 3.05) is 5.32 Å². The highest BCUT2D eigenvalue weighted by Gasteiger charge is 2.17. The molecule has 0 unspecified atom stereocenters. The largest absolute Gasteiger partial charge is 0.428 e. The summed E-state index contributed by atoms with van der Waals surface area (Å²) in [5, 5.41) is 3.66. The summed E-state index contributed by atoms with van der Waals surface area (Å²) in [4.78, 5) is 18.8. The summed E-state index contributed by atoms with van der Waals surface area (Å²) in [6.07, 6.45) is 5.01. The molecule has 3 rings (SSSR count). The topological polar surface area (TPSA) is 96.9 Å². The van der Waals surface area contributed by atoms with Crippen LogP contribution in [0.15, 0.2) is 47.5 Å². The maximum atomic E-state index is 11.9. The van der Waals surface area contributed by atoms with Gasteiger partial charge in [-0.05, 0) is 18.1 Å². The minimum Gasteiger partial charge on any atom is -0.428 e. The minimum atomic E-state index is -0.653. The van der Waals surface area contributed by atoms with Gasteiger partial charge in [0.15, 0.2) is 6.39 Å². The lowest BCUT2D eigenvalue weighted by Crippen LogP contribution is -2.37. The van der Waals surface area contributed by atoms with Crippen LogP contribution in [0.3, 0.4) is 0 Å². The Labute approximate surface area is 115 Å². The van der Waals surface area contributed by atoms with Crippen LogP contribution in [-0.2, 0) is 11.2 Å². The Kier molecular flexibility index (Phi) is 3.22. The number of fused-ring (bicyclic) bond motifs is 1. The third kappa shape index (κ3) is 2.41. The van der Waals surface area contributed by atoms with Gasteiger partial charge in [-0.3, -0.25) is 10.1 Å². The summed E-state index contributed by atoms with van der Waals surface area (Å²) in [6.45, 7) is 0. The van der Waals surface area contributed by atoms with E-state index < -0.39 is 6.04 Å². The third-order valence-corrected chi connectivity index (χ3v) is 3.13. The molecule has 0 spiro atoms. The molecule has 0 radical (unpaired) electrons. The molecule has 0 fully saturated rings. The molecule has 0 aliphatic heterocycles. The number of nitrogens with zero attached hydrogens (tertiary/aromatic N) is 1. The van der Waals surface area contributed by atoms with Crippen LogP contribution in [0, 0.1) is 0 Å². The smallest absolute Gasteiger partial charge is 0.243 e. The van der Waals surface area contributed by atoms with E-state index >= 15 is 0 Å². The highest BCUT2D eigenvalue weighted by atomic mass is 16.4. The standard InChI is InChI=1S/C14H14N4O2/c15-11(14(19)18-13-7-16-8-20-13)5-9-6-17-12-4-2-1-3-10(9)12/h1-4,6-8,11,17H,5,15H2,(H,18,19)/t11-/m0/s1. The van der Waals surface area contributed by atoms with Gasteiger partial charge in [0.05, 0.1) is 12.2 Å². The van der Waals surface area contributed by atoms with Crippen LogP contribution in [0.4, 0.5) is 5.88 Å². The zero-order valence-corrected chi connectivity index (χ0v) is 10.7. The van der Waals surface area contributed by atoms with Crippen molar-refractivity contribution in [2.24, 2.45) is 5.73 Å². The maximum Gasteiger partial charge on any atom is 0.243 e. The Balaban J connectivity index is 1.72. The van der Waals surface area contributed by atoms with Crippen LogP contribution >= 0.6 is 0 Å². The molecule has 20 heavy (non-hydrogen) atoms. The molecule has 1 atom stereocenters. The number of nitrogens with one attached hydrogen (secondary N) is 2. The second kappa shape index (κ2) is 5.18. The number of anilines is 1. The molecule has 4 N–H and O–H groups in total. The molecule has 1 aromatic carbocycles. The molecule has 0 aliphatic rings. The van der Waals surface area contributed by atoms with Gasteiger partial charge in [0.1, 0.15) is 0 Å². The van der Waals surface area contributed by atoms with Crippen molar-refractivity contribution in [3.63, 3.8) is 0 Å². The van der Waals surface area contributed by atoms with E-state index in [4.69, 9.17) is 10.2 Å². The highest BCUT2D eigenvalue weighted by Crippen LogP contribution is 2.19. The molecule has 102 valence electrons. The number of amides is 1. The number of H-pyrrole nitrogens is 1. The predicted molar refractivity (Wildman–Crippen MR) is 75.1 cm³/mol. The molecule has 6 nitrogen and oxygen atoms in total. The first-order valence-electron chi connectivity index (χ1n) is 6.24. The summed E-state index contributed by atoms with van der Waals surface area (Å²) in [5.74, 6) is -0.00333. The summed E-state index contributed by atoms with van der Waals surface area (Å²) >= 11 is 0. The maximum absolute atomic E-state index is 11.9. The number of hydrogen-bond donors (Lipinski definition) is 3. The Hall–Kier alpha value is -2.60. The second-order valence-corrected chi connectivity index (χ2v) is 4.53. The molecule has 0 saturated heterocycles. The Bertz CT molecular complexity index is 718. The van der Waals surface area contributed by atoms with Gasteiger partial charge in [0.2, 0.25) is 11.8 Å². The van der Waals surface area contributed by atoms with E-state index in [0.717, 1.165) is 16.5 Å². The Morgan fingerprint density at radius 2 is 2.30 bits per heavy atom. The van der Waals surface area contributed by atoms with Crippen molar-refractivity contribution in [1.29, 1.82) is 0 Å². The average molecular weight is 270 g/mol. The normalized spacial score (nSPS) is 12.4. The van der Waals surface area contributed by atoms with Gasteiger partial charge < -0.3 is 15.1 Å². The van der Waals surface area contributed by atoms with Crippen molar-refractivity contribution < 1.29 is 9.21 Å². The monoisotopic (exact) mass is 270 g/mol. The number of hydrogen-bond acceptors (Lipinski definition) is 4. The van der Waals surface area contributed by atoms with Crippen molar-refractivity contribution in [2.45, 2.75) is 12.5 Å². The zero-order chi connectivity index (χ0) is 13.9. The van der Waals surface area contributed by atoms with Gasteiger partial charge in [-0.1, -0.05) is 18.2 Å². The number of carbonyl (C=O) groups excluding carboxylic acids is 1. The number of carbonyl (C=O) groups is 1. The number of aromatic amines is 1. The minimum absolute atomic E-state index is 0.296. The first-order chi connectivity index (χ1) is 9.74. The lowest BCUT2D eigenvalue weighted by molar-refractivity contribution is -0.117. The summed E-state index contributed by atoms with van der Waals surface area (Å²) < 4.78 is 4.95. The number of para-hydroxylation sites is 1. The third-order valence-electron chi connectivity index (χ3n) is 3.13. The van der Waals surface area contributed by atoms with Gasteiger partial charge >= 0.3 is 0 Å². The van der Waals surface area contributed by atoms with E-state index in [-0.39, 0.29) is 5.91 Å². The van der Waals surface area contributed by atoms with E-state index in [1.54, 1.807) is 0 Å². The molecule has 1 amide bonds. The quantitative estimate of drug-likeness (QED) is 0.671. The molecule has 2 heterocycles. The Morgan fingerprint density at radius 3 is 3.10 bits per heavy atom. The fraction of sp³-hybridized carbons (Fsp3) is 0.143. The first-order valence-corrected chi connectivity index (χ1v) is 6.24. The van der Waals surface area contributed by atoms with E-state index in [1.807, 2.05) is 30.5 Å². The van der Waals surface area contributed by atoms with E-state index in [0.29, 0.717) is 12.3 Å². The zero-order valence-electron chi connectivity index (χ0n) is 10.7. The van der Waals surface area contributed by atoms with Crippen molar-refractivity contribution in [1.82, 2.24) is 9.97 Å². The van der Waals surface area contributed by atoms with Gasteiger partial charge in [-0.15, -0.1) is 0 Å². The number of aromatic nitrogens is 2. The molecular weight excluding hydrogens is 256 g/mol. The average Bonchev–Trinajstić information content (AvgIpc) is 3.09. The van der Waals surface area contributed by atoms with E-state index in [1.165, 1.54) is 12.6 Å². The first kappa shape index (κ1) is 12.4. The van der Waals surface area contributed by atoms with Crippen LogP contribution < -0.4 is 11.1 Å². The lowest BCUT2D eigenvalue weighted by Gasteiger charge is -2.09. The van der Waals surface area contributed by atoms with Crippen LogP contribution in [0.5, 0.6) is 0 Å². The molecule has 0 bridgehead atoms. The SMILES string of the molecule is N[C@@H](Cc1c[nH]c2ccccc12)C(=O)Nc1cnco1. The second-order valence-electron chi connectivity index (χ2n) is 4.53. The number of rotatable bonds is 4. The molecular formula is C14H14N4O2. The van der Waals surface area contributed by atoms with Crippen LogP contribution in [0.1, 0.15) is 5.56 Å². The van der Waals surface area contributed by atoms with Crippen molar-refractivity contribution >= 4 is 22.7 Å². The molecule has 3 aromatic rings. The van der Waals surface area contributed by atoms with Crippen molar-refractivity contribution in [3.05, 3.63) is 48.6 Å². The predicted octanol–water partition coefficient (Wildman–Crippen LogP) is 1.66. The number of oxazole rings is 1. The van der Waals surface area contributed by atoms with Crippen LogP contribution in [0.25, 0.3) is 10.9 Å². The van der Waals surface area contributed by atoms with Gasteiger partial charge in [-0.25, -0.2) is 4.98 Å². The molecule has 2 aromatic heterocycles. The van der Waals surface area contributed by atoms with E-state index in [9.17, 15) is 4.79 Å².